The van der Waals surface area contributed by atoms with Gasteiger partial charge in [0.15, 0.2) is 5.82 Å². The molecule has 16 heavy (non-hydrogen) atoms. The van der Waals surface area contributed by atoms with Gasteiger partial charge in [-0.2, -0.15) is 16.7 Å². The maximum atomic E-state index is 5.24. The van der Waals surface area contributed by atoms with Crippen molar-refractivity contribution in [3.05, 3.63) is 11.7 Å². The summed E-state index contributed by atoms with van der Waals surface area (Å²) in [5, 5.41) is 7.79. The minimum Gasteiger partial charge on any atom is -0.338 e. The van der Waals surface area contributed by atoms with Crippen LogP contribution in [0, 0.1) is 0 Å². The van der Waals surface area contributed by atoms with Crippen LogP contribution in [0.25, 0.3) is 0 Å². The van der Waals surface area contributed by atoms with Crippen molar-refractivity contribution in [3.63, 3.8) is 0 Å². The van der Waals surface area contributed by atoms with Crippen LogP contribution >= 0.6 is 11.8 Å². The van der Waals surface area contributed by atoms with Crippen molar-refractivity contribution in [1.29, 1.82) is 0 Å². The summed E-state index contributed by atoms with van der Waals surface area (Å²) < 4.78 is 5.24. The largest absolute Gasteiger partial charge is 0.338 e. The fourth-order valence-electron chi connectivity index (χ4n) is 1.30. The molecule has 0 amide bonds. The van der Waals surface area contributed by atoms with Crippen LogP contribution in [-0.2, 0) is 5.75 Å². The molecule has 0 bridgehead atoms. The summed E-state index contributed by atoms with van der Waals surface area (Å²) in [5.41, 5.74) is 0. The Bertz CT molecular complexity index is 299. The van der Waals surface area contributed by atoms with E-state index in [9.17, 15) is 0 Å². The summed E-state index contributed by atoms with van der Waals surface area (Å²) in [7, 11) is 1.91. The van der Waals surface area contributed by atoms with Gasteiger partial charge in [-0.05, 0) is 19.9 Å². The third-order valence-corrected chi connectivity index (χ3v) is 3.94. The Morgan fingerprint density at radius 1 is 1.38 bits per heavy atom. The zero-order chi connectivity index (χ0) is 12.0. The van der Waals surface area contributed by atoms with Crippen LogP contribution in [0.2, 0.25) is 0 Å². The predicted octanol–water partition coefficient (Wildman–Crippen LogP) is 2.77. The van der Waals surface area contributed by atoms with Crippen molar-refractivity contribution in [3.8, 4) is 0 Å². The molecule has 1 heterocycles. The Labute approximate surface area is 102 Å². The van der Waals surface area contributed by atoms with Crippen LogP contribution in [0.1, 0.15) is 51.4 Å². The molecule has 4 nitrogen and oxygen atoms in total. The lowest BCUT2D eigenvalue weighted by atomic mass is 10.2. The van der Waals surface area contributed by atoms with Gasteiger partial charge in [0.2, 0.25) is 5.89 Å². The van der Waals surface area contributed by atoms with Crippen LogP contribution in [-0.4, -0.2) is 22.4 Å². The lowest BCUT2D eigenvalue weighted by Gasteiger charge is -2.06. The first kappa shape index (κ1) is 13.5. The van der Waals surface area contributed by atoms with E-state index in [1.165, 1.54) is 6.42 Å². The van der Waals surface area contributed by atoms with Crippen molar-refractivity contribution in [2.45, 2.75) is 50.7 Å². The molecule has 1 aromatic rings. The fourth-order valence-corrected chi connectivity index (χ4v) is 2.09. The predicted molar refractivity (Wildman–Crippen MR) is 67.4 cm³/mol. The van der Waals surface area contributed by atoms with Gasteiger partial charge < -0.3 is 9.84 Å². The number of nitrogens with zero attached hydrogens (tertiary/aromatic N) is 2. The summed E-state index contributed by atoms with van der Waals surface area (Å²) in [6.07, 6.45) is 2.13. The number of hydrogen-bond donors (Lipinski definition) is 1. The highest BCUT2D eigenvalue weighted by atomic mass is 32.2. The van der Waals surface area contributed by atoms with Gasteiger partial charge >= 0.3 is 0 Å². The topological polar surface area (TPSA) is 51.0 Å². The van der Waals surface area contributed by atoms with E-state index >= 15 is 0 Å². The molecule has 0 saturated carbocycles. The molecule has 5 heteroatoms. The van der Waals surface area contributed by atoms with E-state index in [1.54, 1.807) is 0 Å². The first-order valence-electron chi connectivity index (χ1n) is 5.82. The number of aromatic nitrogens is 2. The Hall–Kier alpha value is -0.550. The van der Waals surface area contributed by atoms with E-state index in [1.807, 2.05) is 18.8 Å². The highest BCUT2D eigenvalue weighted by molar-refractivity contribution is 7.99. The van der Waals surface area contributed by atoms with Gasteiger partial charge in [-0.15, -0.1) is 0 Å². The molecule has 1 N–H and O–H groups in total. The van der Waals surface area contributed by atoms with Gasteiger partial charge in [-0.25, -0.2) is 0 Å². The summed E-state index contributed by atoms with van der Waals surface area (Å²) in [5.74, 6) is 2.33. The maximum Gasteiger partial charge on any atom is 0.243 e. The summed E-state index contributed by atoms with van der Waals surface area (Å²) in [6, 6.07) is 0.176. The molecule has 92 valence electrons. The lowest BCUT2D eigenvalue weighted by Crippen LogP contribution is -2.15. The molecule has 2 unspecified atom stereocenters. The highest BCUT2D eigenvalue weighted by Gasteiger charge is 2.15. The van der Waals surface area contributed by atoms with Gasteiger partial charge in [0.25, 0.3) is 0 Å². The minimum atomic E-state index is 0.176. The molecule has 0 fully saturated rings. The van der Waals surface area contributed by atoms with E-state index in [0.717, 1.165) is 18.0 Å². The van der Waals surface area contributed by atoms with E-state index in [0.29, 0.717) is 11.1 Å². The van der Waals surface area contributed by atoms with Crippen molar-refractivity contribution < 1.29 is 4.52 Å². The van der Waals surface area contributed by atoms with Crippen molar-refractivity contribution in [1.82, 2.24) is 15.5 Å². The molecule has 0 spiro atoms. The number of rotatable bonds is 7. The van der Waals surface area contributed by atoms with Gasteiger partial charge in [0.1, 0.15) is 0 Å². The Morgan fingerprint density at radius 2 is 2.12 bits per heavy atom. The van der Waals surface area contributed by atoms with E-state index in [-0.39, 0.29) is 6.04 Å². The zero-order valence-corrected chi connectivity index (χ0v) is 11.3. The van der Waals surface area contributed by atoms with E-state index in [2.05, 4.69) is 36.2 Å². The molecule has 0 aliphatic heterocycles. The highest BCUT2D eigenvalue weighted by Crippen LogP contribution is 2.20. The fraction of sp³-hybridized carbons (Fsp3) is 0.818. The second kappa shape index (κ2) is 6.91. The second-order valence-corrected chi connectivity index (χ2v) is 5.25. The number of thioether (sulfide) groups is 1. The molecule has 0 aliphatic carbocycles. The average molecular weight is 243 g/mol. The Kier molecular flexibility index (Phi) is 5.84. The average Bonchev–Trinajstić information content (AvgIpc) is 2.76. The molecule has 0 aliphatic rings. The van der Waals surface area contributed by atoms with Crippen LogP contribution in [0.4, 0.5) is 0 Å². The molecule has 2 atom stereocenters. The summed E-state index contributed by atoms with van der Waals surface area (Å²) in [4.78, 5) is 4.40. The van der Waals surface area contributed by atoms with E-state index < -0.39 is 0 Å². The van der Waals surface area contributed by atoms with Crippen molar-refractivity contribution in [2.75, 3.05) is 7.05 Å². The summed E-state index contributed by atoms with van der Waals surface area (Å²) in [6.45, 7) is 6.50. The first-order valence-corrected chi connectivity index (χ1v) is 6.87. The van der Waals surface area contributed by atoms with Gasteiger partial charge in [-0.3, -0.25) is 0 Å². The molecule has 1 rings (SSSR count). The molecule has 0 aromatic carbocycles. The molecular weight excluding hydrogens is 222 g/mol. The third kappa shape index (κ3) is 3.79. The molecule has 1 aromatic heterocycles. The van der Waals surface area contributed by atoms with Crippen LogP contribution in [0.15, 0.2) is 4.52 Å². The van der Waals surface area contributed by atoms with Crippen LogP contribution < -0.4 is 5.32 Å². The Morgan fingerprint density at radius 3 is 2.69 bits per heavy atom. The quantitative estimate of drug-likeness (QED) is 0.798. The molecular formula is C11H21N3OS. The van der Waals surface area contributed by atoms with Gasteiger partial charge in [0, 0.05) is 5.25 Å². The lowest BCUT2D eigenvalue weighted by molar-refractivity contribution is 0.332. The maximum absolute atomic E-state index is 5.24. The monoisotopic (exact) mass is 243 g/mol. The normalized spacial score (nSPS) is 15.0. The van der Waals surface area contributed by atoms with Crippen LogP contribution in [0.5, 0.6) is 0 Å². The standard InChI is InChI=1S/C11H21N3OS/c1-5-8(3)16-7-10-13-11(15-14-10)9(6-2)12-4/h8-9,12H,5-7H2,1-4H3. The number of hydrogen-bond acceptors (Lipinski definition) is 5. The van der Waals surface area contributed by atoms with E-state index in [4.69, 9.17) is 4.52 Å². The van der Waals surface area contributed by atoms with Crippen LogP contribution in [0.3, 0.4) is 0 Å². The SMILES string of the molecule is CCC(C)SCc1noc(C(CC)NC)n1. The molecule has 0 saturated heterocycles. The second-order valence-electron chi connectivity index (χ2n) is 3.83. The minimum absolute atomic E-state index is 0.176. The van der Waals surface area contributed by atoms with Crippen molar-refractivity contribution in [2.24, 2.45) is 0 Å². The number of nitrogens with one attached hydrogen (secondary N) is 1. The molecule has 0 radical (unpaired) electrons. The summed E-state index contributed by atoms with van der Waals surface area (Å²) >= 11 is 1.86. The third-order valence-electron chi connectivity index (χ3n) is 2.61. The zero-order valence-electron chi connectivity index (χ0n) is 10.5. The first-order chi connectivity index (χ1) is 7.71. The van der Waals surface area contributed by atoms with Gasteiger partial charge in [0.05, 0.1) is 11.8 Å². The smallest absolute Gasteiger partial charge is 0.243 e. The Balaban J connectivity index is 2.51. The van der Waals surface area contributed by atoms with Gasteiger partial charge in [-0.1, -0.05) is 25.9 Å². The van der Waals surface area contributed by atoms with Crippen molar-refractivity contribution >= 4 is 11.8 Å².